The summed E-state index contributed by atoms with van der Waals surface area (Å²) in [5, 5.41) is 0. The quantitative estimate of drug-likeness (QED) is 0.564. The van der Waals surface area contributed by atoms with Gasteiger partial charge in [0.05, 0.1) is 5.92 Å². The van der Waals surface area contributed by atoms with Gasteiger partial charge in [-0.1, -0.05) is 0 Å². The number of hydrogen-bond donors (Lipinski definition) is 1. The van der Waals surface area contributed by atoms with Crippen molar-refractivity contribution in [3.8, 4) is 0 Å². The Balaban J connectivity index is 0.000000605. The molecule has 0 spiro atoms. The van der Waals surface area contributed by atoms with Crippen LogP contribution in [0.4, 0.5) is 0 Å². The summed E-state index contributed by atoms with van der Waals surface area (Å²) in [6.07, 6.45) is 2.02. The Kier molecular flexibility index (Phi) is 1.89. The van der Waals surface area contributed by atoms with E-state index in [1.54, 1.807) is 4.90 Å². The van der Waals surface area contributed by atoms with Crippen molar-refractivity contribution < 1.29 is 4.79 Å². The lowest BCUT2D eigenvalue weighted by Crippen LogP contribution is -2.55. The molecule has 1 saturated carbocycles. The number of carbonyl (C=O) groups is 1. The molecule has 1 amide bonds. The molecule has 2 unspecified atom stereocenters. The third-order valence-electron chi connectivity index (χ3n) is 2.80. The zero-order valence-corrected chi connectivity index (χ0v) is 7.36. The maximum atomic E-state index is 11.2. The maximum absolute atomic E-state index is 11.2. The van der Waals surface area contributed by atoms with Crippen molar-refractivity contribution in [2.45, 2.75) is 18.4 Å². The third-order valence-corrected chi connectivity index (χ3v) is 2.80. The second-order valence-electron chi connectivity index (χ2n) is 3.52. The summed E-state index contributed by atoms with van der Waals surface area (Å²) < 4.78 is 0. The predicted molar refractivity (Wildman–Crippen MR) is 44.5 cm³/mol. The number of carbonyl (C=O) groups excluding carboxylic acids is 1. The first kappa shape index (κ1) is 8.81. The molecule has 3 nitrogen and oxygen atoms in total. The number of halogens is 1. The van der Waals surface area contributed by atoms with E-state index >= 15 is 0 Å². The van der Waals surface area contributed by atoms with Crippen LogP contribution in [-0.4, -0.2) is 29.9 Å². The average molecular weight is 177 g/mol. The second-order valence-corrected chi connectivity index (χ2v) is 3.52. The Labute approximate surface area is 72.3 Å². The van der Waals surface area contributed by atoms with Crippen molar-refractivity contribution >= 4 is 18.3 Å². The zero-order valence-electron chi connectivity index (χ0n) is 6.54. The molecule has 0 aromatic carbocycles. The Hall–Kier alpha value is -0.280. The summed E-state index contributed by atoms with van der Waals surface area (Å²) in [7, 11) is 1.83. The fourth-order valence-electron chi connectivity index (χ4n) is 2.00. The minimum atomic E-state index is -0.147. The first-order chi connectivity index (χ1) is 4.63. The van der Waals surface area contributed by atoms with Crippen LogP contribution in [-0.2, 0) is 4.79 Å². The standard InChI is InChI=1S/C7H12N2O.ClH/c1-9-4-7(8)3-2-5(7)6(9)10;/h5H,2-4,8H2,1H3;1H. The van der Waals surface area contributed by atoms with Crippen LogP contribution in [0.15, 0.2) is 0 Å². The van der Waals surface area contributed by atoms with Gasteiger partial charge >= 0.3 is 0 Å². The van der Waals surface area contributed by atoms with Crippen molar-refractivity contribution in [3.63, 3.8) is 0 Å². The molecule has 2 fully saturated rings. The van der Waals surface area contributed by atoms with Crippen LogP contribution >= 0.6 is 12.4 Å². The Morgan fingerprint density at radius 3 is 2.55 bits per heavy atom. The lowest BCUT2D eigenvalue weighted by atomic mass is 9.69. The van der Waals surface area contributed by atoms with Gasteiger partial charge < -0.3 is 10.6 Å². The Morgan fingerprint density at radius 1 is 1.73 bits per heavy atom. The molecule has 11 heavy (non-hydrogen) atoms. The smallest absolute Gasteiger partial charge is 0.227 e. The van der Waals surface area contributed by atoms with Crippen LogP contribution in [0.3, 0.4) is 0 Å². The topological polar surface area (TPSA) is 46.3 Å². The minimum Gasteiger partial charge on any atom is -0.344 e. The number of likely N-dealkylation sites (tertiary alicyclic amines) is 1. The number of rotatable bonds is 0. The van der Waals surface area contributed by atoms with Crippen LogP contribution in [0.5, 0.6) is 0 Å². The van der Waals surface area contributed by atoms with Gasteiger partial charge in [0.2, 0.25) is 5.91 Å². The summed E-state index contributed by atoms with van der Waals surface area (Å²) >= 11 is 0. The molecule has 2 atom stereocenters. The molecule has 2 rings (SSSR count). The first-order valence-corrected chi connectivity index (χ1v) is 3.67. The summed E-state index contributed by atoms with van der Waals surface area (Å²) in [5.74, 6) is 0.395. The van der Waals surface area contributed by atoms with Crippen LogP contribution in [0, 0.1) is 5.92 Å². The van der Waals surface area contributed by atoms with Gasteiger partial charge in [0.25, 0.3) is 0 Å². The maximum Gasteiger partial charge on any atom is 0.227 e. The van der Waals surface area contributed by atoms with E-state index in [4.69, 9.17) is 5.73 Å². The van der Waals surface area contributed by atoms with E-state index in [2.05, 4.69) is 0 Å². The number of nitrogens with two attached hydrogens (primary N) is 1. The molecule has 64 valence electrons. The van der Waals surface area contributed by atoms with Gasteiger partial charge in [-0.2, -0.15) is 0 Å². The highest BCUT2D eigenvalue weighted by Gasteiger charge is 2.54. The number of hydrogen-bond acceptors (Lipinski definition) is 2. The fourth-order valence-corrected chi connectivity index (χ4v) is 2.00. The van der Waals surface area contributed by atoms with Gasteiger partial charge in [-0.05, 0) is 12.8 Å². The molecule has 1 saturated heterocycles. The molecule has 1 aliphatic carbocycles. The van der Waals surface area contributed by atoms with Crippen molar-refractivity contribution in [1.82, 2.24) is 4.90 Å². The van der Waals surface area contributed by atoms with Gasteiger partial charge in [-0.25, -0.2) is 0 Å². The van der Waals surface area contributed by atoms with Gasteiger partial charge in [0.15, 0.2) is 0 Å². The minimum absolute atomic E-state index is 0. The van der Waals surface area contributed by atoms with Gasteiger partial charge in [-0.3, -0.25) is 4.79 Å². The molecule has 2 N–H and O–H groups in total. The lowest BCUT2D eigenvalue weighted by molar-refractivity contribution is -0.131. The van der Waals surface area contributed by atoms with E-state index in [-0.39, 0.29) is 29.8 Å². The van der Waals surface area contributed by atoms with Crippen molar-refractivity contribution in [1.29, 1.82) is 0 Å². The first-order valence-electron chi connectivity index (χ1n) is 3.67. The van der Waals surface area contributed by atoms with Gasteiger partial charge in [0.1, 0.15) is 0 Å². The average Bonchev–Trinajstić information content (AvgIpc) is 1.95. The SMILES string of the molecule is CN1CC2(N)CCC2C1=O.Cl. The molecule has 2 aliphatic rings. The second kappa shape index (κ2) is 2.35. The van der Waals surface area contributed by atoms with E-state index < -0.39 is 0 Å². The van der Waals surface area contributed by atoms with E-state index in [1.807, 2.05) is 7.05 Å². The number of nitrogens with zero attached hydrogens (tertiary/aromatic N) is 1. The van der Waals surface area contributed by atoms with Crippen molar-refractivity contribution in [3.05, 3.63) is 0 Å². The lowest BCUT2D eigenvalue weighted by Gasteiger charge is -2.38. The summed E-state index contributed by atoms with van der Waals surface area (Å²) in [6.45, 7) is 0.760. The third kappa shape index (κ3) is 0.948. The Morgan fingerprint density at radius 2 is 2.36 bits per heavy atom. The van der Waals surface area contributed by atoms with Gasteiger partial charge in [-0.15, -0.1) is 12.4 Å². The van der Waals surface area contributed by atoms with Crippen LogP contribution in [0.25, 0.3) is 0 Å². The number of amides is 1. The highest BCUT2D eigenvalue weighted by molar-refractivity contribution is 5.85. The van der Waals surface area contributed by atoms with E-state index in [9.17, 15) is 4.79 Å². The van der Waals surface area contributed by atoms with E-state index in [0.29, 0.717) is 0 Å². The van der Waals surface area contributed by atoms with E-state index in [0.717, 1.165) is 19.4 Å². The molecule has 0 radical (unpaired) electrons. The monoisotopic (exact) mass is 176 g/mol. The summed E-state index contributed by atoms with van der Waals surface area (Å²) in [6, 6.07) is 0. The largest absolute Gasteiger partial charge is 0.344 e. The summed E-state index contributed by atoms with van der Waals surface area (Å²) in [4.78, 5) is 13.0. The highest BCUT2D eigenvalue weighted by atomic mass is 35.5. The van der Waals surface area contributed by atoms with Crippen molar-refractivity contribution in [2.75, 3.05) is 13.6 Å². The molecular formula is C7H13ClN2O. The highest BCUT2D eigenvalue weighted by Crippen LogP contribution is 2.42. The molecule has 0 bridgehead atoms. The molecule has 1 heterocycles. The molecule has 4 heteroatoms. The van der Waals surface area contributed by atoms with Crippen molar-refractivity contribution in [2.24, 2.45) is 11.7 Å². The van der Waals surface area contributed by atoms with Crippen LogP contribution < -0.4 is 5.73 Å². The molecular weight excluding hydrogens is 164 g/mol. The zero-order chi connectivity index (χ0) is 7.35. The van der Waals surface area contributed by atoms with Crippen LogP contribution in [0.1, 0.15) is 12.8 Å². The predicted octanol–water partition coefficient (Wildman–Crippen LogP) is -0.0123. The number of likely N-dealkylation sites (N-methyl/N-ethyl adjacent to an activating group) is 1. The Bertz CT molecular complexity index is 197. The molecule has 0 aromatic rings. The summed E-state index contributed by atoms with van der Waals surface area (Å²) in [5.41, 5.74) is 5.78. The molecule has 0 aromatic heterocycles. The fraction of sp³-hybridized carbons (Fsp3) is 0.857. The van der Waals surface area contributed by atoms with Crippen LogP contribution in [0.2, 0.25) is 0 Å². The van der Waals surface area contributed by atoms with Gasteiger partial charge in [0, 0.05) is 19.1 Å². The van der Waals surface area contributed by atoms with E-state index in [1.165, 1.54) is 0 Å². The normalized spacial score (nSPS) is 41.1. The molecule has 1 aliphatic heterocycles. The number of fused-ring (bicyclic) bond motifs is 1.